The number of amides is 1. The molecular formula is C21H32N2O. The summed E-state index contributed by atoms with van der Waals surface area (Å²) in [5.74, 6) is 1.40. The standard InChI is InChI=1S/C21H32N2O/c1-4-5-8-16-11-13-17(14-12-16)20(24)23-15-21(2,3)22-18-9-6-7-10-19(18)23/h6-7,9-10,16-17,22H,4-5,8,11-15H2,1-3H3. The number of hydrogen-bond acceptors (Lipinski definition) is 2. The zero-order valence-electron chi connectivity index (χ0n) is 15.5. The van der Waals surface area contributed by atoms with Crippen LogP contribution in [0.3, 0.4) is 0 Å². The highest BCUT2D eigenvalue weighted by molar-refractivity contribution is 5.99. The second-order valence-electron chi connectivity index (χ2n) is 8.31. The van der Waals surface area contributed by atoms with Gasteiger partial charge in [-0.1, -0.05) is 38.3 Å². The molecule has 1 fully saturated rings. The fourth-order valence-electron chi connectivity index (χ4n) is 4.31. The molecule has 1 N–H and O–H groups in total. The van der Waals surface area contributed by atoms with Crippen molar-refractivity contribution in [3.8, 4) is 0 Å². The number of benzene rings is 1. The molecule has 24 heavy (non-hydrogen) atoms. The van der Waals surface area contributed by atoms with E-state index in [-0.39, 0.29) is 11.5 Å². The number of carbonyl (C=O) groups is 1. The Balaban J connectivity index is 1.69. The molecule has 0 atom stereocenters. The summed E-state index contributed by atoms with van der Waals surface area (Å²) in [6.07, 6.45) is 8.57. The monoisotopic (exact) mass is 328 g/mol. The molecule has 1 aliphatic heterocycles. The molecule has 0 unspecified atom stereocenters. The van der Waals surface area contributed by atoms with Crippen molar-refractivity contribution in [1.82, 2.24) is 0 Å². The predicted molar refractivity (Wildman–Crippen MR) is 101 cm³/mol. The van der Waals surface area contributed by atoms with Crippen LogP contribution >= 0.6 is 0 Å². The van der Waals surface area contributed by atoms with E-state index in [1.165, 1.54) is 32.1 Å². The third kappa shape index (κ3) is 3.76. The Kier molecular flexibility index (Phi) is 5.17. The van der Waals surface area contributed by atoms with E-state index in [2.05, 4.69) is 38.2 Å². The summed E-state index contributed by atoms with van der Waals surface area (Å²) in [5.41, 5.74) is 2.05. The van der Waals surface area contributed by atoms with Gasteiger partial charge < -0.3 is 10.2 Å². The third-order valence-corrected chi connectivity index (χ3v) is 5.65. The van der Waals surface area contributed by atoms with E-state index in [0.717, 1.165) is 36.7 Å². The normalized spacial score (nSPS) is 25.7. The number of anilines is 2. The molecule has 1 aliphatic carbocycles. The molecule has 1 heterocycles. The second kappa shape index (κ2) is 7.16. The molecule has 0 aromatic heterocycles. The Labute approximate surface area is 146 Å². The van der Waals surface area contributed by atoms with E-state index in [0.29, 0.717) is 5.91 Å². The van der Waals surface area contributed by atoms with Crippen LogP contribution in [0.25, 0.3) is 0 Å². The van der Waals surface area contributed by atoms with Crippen LogP contribution in [-0.2, 0) is 4.79 Å². The second-order valence-corrected chi connectivity index (χ2v) is 8.31. The van der Waals surface area contributed by atoms with E-state index in [9.17, 15) is 4.79 Å². The minimum absolute atomic E-state index is 0.0810. The van der Waals surface area contributed by atoms with E-state index in [1.807, 2.05) is 17.0 Å². The van der Waals surface area contributed by atoms with Crippen LogP contribution in [-0.4, -0.2) is 18.0 Å². The zero-order valence-corrected chi connectivity index (χ0v) is 15.5. The molecule has 0 saturated heterocycles. The van der Waals surface area contributed by atoms with Gasteiger partial charge in [0.1, 0.15) is 0 Å². The Bertz CT molecular complexity index is 573. The first kappa shape index (κ1) is 17.3. The van der Waals surface area contributed by atoms with Gasteiger partial charge in [-0.25, -0.2) is 0 Å². The molecule has 1 saturated carbocycles. The predicted octanol–water partition coefficient (Wildman–Crippen LogP) is 5.22. The van der Waals surface area contributed by atoms with Crippen molar-refractivity contribution >= 4 is 17.3 Å². The molecule has 1 amide bonds. The summed E-state index contributed by atoms with van der Waals surface area (Å²) in [4.78, 5) is 15.3. The maximum absolute atomic E-state index is 13.2. The van der Waals surface area contributed by atoms with E-state index in [4.69, 9.17) is 0 Å². The number of rotatable bonds is 4. The minimum atomic E-state index is -0.0810. The van der Waals surface area contributed by atoms with E-state index < -0.39 is 0 Å². The van der Waals surface area contributed by atoms with Gasteiger partial charge in [-0.3, -0.25) is 4.79 Å². The summed E-state index contributed by atoms with van der Waals surface area (Å²) in [6.45, 7) is 7.35. The van der Waals surface area contributed by atoms with Gasteiger partial charge >= 0.3 is 0 Å². The molecule has 3 nitrogen and oxygen atoms in total. The van der Waals surface area contributed by atoms with Gasteiger partial charge in [-0.05, 0) is 57.6 Å². The molecule has 0 spiro atoms. The van der Waals surface area contributed by atoms with Crippen molar-refractivity contribution < 1.29 is 4.79 Å². The summed E-state index contributed by atoms with van der Waals surface area (Å²) >= 11 is 0. The van der Waals surface area contributed by atoms with Crippen LogP contribution in [0, 0.1) is 11.8 Å². The zero-order chi connectivity index (χ0) is 17.2. The smallest absolute Gasteiger partial charge is 0.230 e. The van der Waals surface area contributed by atoms with Gasteiger partial charge in [0.05, 0.1) is 11.4 Å². The summed E-state index contributed by atoms with van der Waals surface area (Å²) in [6, 6.07) is 8.22. The number of fused-ring (bicyclic) bond motifs is 1. The van der Waals surface area contributed by atoms with Crippen LogP contribution in [0.4, 0.5) is 11.4 Å². The van der Waals surface area contributed by atoms with Crippen molar-refractivity contribution in [1.29, 1.82) is 0 Å². The van der Waals surface area contributed by atoms with Crippen LogP contribution in [0.15, 0.2) is 24.3 Å². The SMILES string of the molecule is CCCCC1CCC(C(=O)N2CC(C)(C)Nc3ccccc32)CC1. The first-order valence-corrected chi connectivity index (χ1v) is 9.69. The number of unbranched alkanes of at least 4 members (excludes halogenated alkanes) is 1. The number of hydrogen-bond donors (Lipinski definition) is 1. The molecular weight excluding hydrogens is 296 g/mol. The summed E-state index contributed by atoms with van der Waals surface area (Å²) in [7, 11) is 0. The van der Waals surface area contributed by atoms with E-state index >= 15 is 0 Å². The first-order chi connectivity index (χ1) is 11.5. The lowest BCUT2D eigenvalue weighted by Gasteiger charge is -2.42. The molecule has 3 heteroatoms. The van der Waals surface area contributed by atoms with Crippen molar-refractivity contribution in [2.75, 3.05) is 16.8 Å². The van der Waals surface area contributed by atoms with Crippen molar-refractivity contribution in [3.63, 3.8) is 0 Å². The Morgan fingerprint density at radius 3 is 2.62 bits per heavy atom. The van der Waals surface area contributed by atoms with E-state index in [1.54, 1.807) is 0 Å². The summed E-state index contributed by atoms with van der Waals surface area (Å²) in [5, 5.41) is 3.56. The average molecular weight is 329 g/mol. The van der Waals surface area contributed by atoms with Crippen molar-refractivity contribution in [2.45, 2.75) is 71.3 Å². The van der Waals surface area contributed by atoms with Crippen LogP contribution < -0.4 is 10.2 Å². The van der Waals surface area contributed by atoms with Crippen LogP contribution in [0.2, 0.25) is 0 Å². The highest BCUT2D eigenvalue weighted by atomic mass is 16.2. The maximum Gasteiger partial charge on any atom is 0.230 e. The molecule has 1 aromatic carbocycles. The Hall–Kier alpha value is -1.51. The van der Waals surface area contributed by atoms with Gasteiger partial charge in [-0.2, -0.15) is 0 Å². The quantitative estimate of drug-likeness (QED) is 0.822. The summed E-state index contributed by atoms with van der Waals surface area (Å²) < 4.78 is 0. The maximum atomic E-state index is 13.2. The molecule has 0 radical (unpaired) electrons. The lowest BCUT2D eigenvalue weighted by Crippen LogP contribution is -2.52. The third-order valence-electron chi connectivity index (χ3n) is 5.65. The Morgan fingerprint density at radius 1 is 1.21 bits per heavy atom. The topological polar surface area (TPSA) is 32.3 Å². The highest BCUT2D eigenvalue weighted by Gasteiger charge is 2.36. The molecule has 3 rings (SSSR count). The highest BCUT2D eigenvalue weighted by Crippen LogP contribution is 2.38. The molecule has 0 bridgehead atoms. The van der Waals surface area contributed by atoms with Crippen molar-refractivity contribution in [3.05, 3.63) is 24.3 Å². The van der Waals surface area contributed by atoms with Gasteiger partial charge in [0.15, 0.2) is 0 Å². The number of para-hydroxylation sites is 2. The van der Waals surface area contributed by atoms with Gasteiger partial charge in [0, 0.05) is 18.0 Å². The first-order valence-electron chi connectivity index (χ1n) is 9.69. The van der Waals surface area contributed by atoms with Crippen molar-refractivity contribution in [2.24, 2.45) is 11.8 Å². The van der Waals surface area contributed by atoms with Gasteiger partial charge in [0.2, 0.25) is 5.91 Å². The fraction of sp³-hybridized carbons (Fsp3) is 0.667. The fourth-order valence-corrected chi connectivity index (χ4v) is 4.31. The average Bonchev–Trinajstić information content (AvgIpc) is 2.58. The minimum Gasteiger partial charge on any atom is -0.377 e. The number of carbonyl (C=O) groups excluding carboxylic acids is 1. The Morgan fingerprint density at radius 2 is 1.92 bits per heavy atom. The number of nitrogens with one attached hydrogen (secondary N) is 1. The van der Waals surface area contributed by atoms with Crippen LogP contribution in [0.5, 0.6) is 0 Å². The largest absolute Gasteiger partial charge is 0.377 e. The van der Waals surface area contributed by atoms with Gasteiger partial charge in [0.25, 0.3) is 0 Å². The molecule has 2 aliphatic rings. The molecule has 132 valence electrons. The number of nitrogens with zero attached hydrogens (tertiary/aromatic N) is 1. The molecule has 1 aromatic rings. The van der Waals surface area contributed by atoms with Gasteiger partial charge in [-0.15, -0.1) is 0 Å². The lowest BCUT2D eigenvalue weighted by molar-refractivity contribution is -0.123. The van der Waals surface area contributed by atoms with Crippen LogP contribution in [0.1, 0.15) is 65.7 Å². The lowest BCUT2D eigenvalue weighted by atomic mass is 9.79.